The maximum absolute atomic E-state index is 11.4. The largest absolute Gasteiger partial charge is 0.504 e. The number of aromatic hydroxyl groups is 1. The summed E-state index contributed by atoms with van der Waals surface area (Å²) in [6.07, 6.45) is 0.531. The van der Waals surface area contributed by atoms with Crippen LogP contribution in [0.15, 0.2) is 16.9 Å². The van der Waals surface area contributed by atoms with E-state index in [2.05, 4.69) is 10.2 Å². The maximum atomic E-state index is 11.4. The summed E-state index contributed by atoms with van der Waals surface area (Å²) in [4.78, 5) is 21.8. The van der Waals surface area contributed by atoms with Gasteiger partial charge in [0, 0.05) is 0 Å². The number of phenols is 1. The van der Waals surface area contributed by atoms with Crippen LogP contribution in [0.2, 0.25) is 5.02 Å². The van der Waals surface area contributed by atoms with E-state index >= 15 is 0 Å². The second-order valence-corrected chi connectivity index (χ2v) is 3.43. The van der Waals surface area contributed by atoms with Crippen LogP contribution in [-0.4, -0.2) is 26.2 Å². The van der Waals surface area contributed by atoms with Gasteiger partial charge in [-0.15, -0.1) is 5.10 Å². The van der Waals surface area contributed by atoms with Crippen LogP contribution >= 0.6 is 11.6 Å². The van der Waals surface area contributed by atoms with Gasteiger partial charge in [-0.3, -0.25) is 4.57 Å². The third kappa shape index (κ3) is 1.53. The number of rotatable bonds is 2. The Bertz CT molecular complexity index is 623. The first-order chi connectivity index (χ1) is 7.65. The summed E-state index contributed by atoms with van der Waals surface area (Å²) in [6.45, 7) is -0.210. The van der Waals surface area contributed by atoms with Crippen LogP contribution in [0.3, 0.4) is 0 Å². The van der Waals surface area contributed by atoms with E-state index < -0.39 is 5.69 Å². The number of aromatic nitrogens is 3. The molecule has 0 unspecified atom stereocenters. The topological polar surface area (TPSA) is 85.1 Å². The molecule has 0 radical (unpaired) electrons. The van der Waals surface area contributed by atoms with Gasteiger partial charge in [-0.05, 0) is 12.1 Å². The standard InChI is InChI=1S/C9H6ClN3O3/c10-5-1-2-6-7(8(5)15)13(3-4-14)9(16)12-11-6/h1-2,4,15H,3H2. The molecule has 0 spiro atoms. The number of phenolic OH excluding ortho intramolecular Hbond substituents is 1. The molecule has 1 heterocycles. The van der Waals surface area contributed by atoms with Crippen molar-refractivity contribution in [2.45, 2.75) is 6.54 Å². The second-order valence-electron chi connectivity index (χ2n) is 3.02. The van der Waals surface area contributed by atoms with E-state index in [4.69, 9.17) is 11.6 Å². The number of halogens is 1. The predicted molar refractivity (Wildman–Crippen MR) is 56.5 cm³/mol. The lowest BCUT2D eigenvalue weighted by atomic mass is 10.3. The number of carbonyl (C=O) groups is 1. The van der Waals surface area contributed by atoms with Crippen molar-refractivity contribution >= 4 is 28.9 Å². The highest BCUT2D eigenvalue weighted by Crippen LogP contribution is 2.29. The number of fused-ring (bicyclic) bond motifs is 1. The molecule has 7 heteroatoms. The molecule has 0 saturated carbocycles. The van der Waals surface area contributed by atoms with Crippen molar-refractivity contribution in [2.24, 2.45) is 0 Å². The minimum Gasteiger partial charge on any atom is -0.504 e. The van der Waals surface area contributed by atoms with E-state index in [9.17, 15) is 14.7 Å². The summed E-state index contributed by atoms with van der Waals surface area (Å²) in [7, 11) is 0. The van der Waals surface area contributed by atoms with Crippen molar-refractivity contribution in [3.05, 3.63) is 27.6 Å². The van der Waals surface area contributed by atoms with Gasteiger partial charge in [-0.2, -0.15) is 0 Å². The van der Waals surface area contributed by atoms with Crippen LogP contribution in [0.5, 0.6) is 5.75 Å². The van der Waals surface area contributed by atoms with E-state index in [1.165, 1.54) is 12.1 Å². The van der Waals surface area contributed by atoms with Crippen molar-refractivity contribution < 1.29 is 9.90 Å². The van der Waals surface area contributed by atoms with Crippen molar-refractivity contribution in [1.29, 1.82) is 0 Å². The van der Waals surface area contributed by atoms with E-state index in [-0.39, 0.29) is 22.8 Å². The molecule has 0 atom stereocenters. The Balaban J connectivity index is 2.94. The van der Waals surface area contributed by atoms with E-state index in [0.29, 0.717) is 11.8 Å². The smallest absolute Gasteiger partial charge is 0.367 e. The molecule has 1 aromatic heterocycles. The molecular formula is C9H6ClN3O3. The summed E-state index contributed by atoms with van der Waals surface area (Å²) in [6, 6.07) is 2.94. The zero-order chi connectivity index (χ0) is 11.7. The van der Waals surface area contributed by atoms with Crippen LogP contribution in [0, 0.1) is 0 Å². The van der Waals surface area contributed by atoms with Gasteiger partial charge in [0.2, 0.25) is 0 Å². The van der Waals surface area contributed by atoms with Gasteiger partial charge in [-0.1, -0.05) is 16.7 Å². The third-order valence-corrected chi connectivity index (χ3v) is 2.39. The van der Waals surface area contributed by atoms with Crippen molar-refractivity contribution in [3.8, 4) is 5.75 Å². The highest BCUT2D eigenvalue weighted by Gasteiger charge is 2.12. The Morgan fingerprint density at radius 3 is 2.88 bits per heavy atom. The van der Waals surface area contributed by atoms with E-state index in [1.54, 1.807) is 0 Å². The van der Waals surface area contributed by atoms with Gasteiger partial charge in [0.05, 0.1) is 11.6 Å². The minimum atomic E-state index is -0.711. The van der Waals surface area contributed by atoms with Crippen LogP contribution in [-0.2, 0) is 11.3 Å². The summed E-state index contributed by atoms with van der Waals surface area (Å²) in [5, 5.41) is 16.7. The van der Waals surface area contributed by atoms with Gasteiger partial charge in [0.1, 0.15) is 17.3 Å². The van der Waals surface area contributed by atoms with Crippen LogP contribution in [0.25, 0.3) is 11.0 Å². The third-order valence-electron chi connectivity index (χ3n) is 2.08. The molecule has 0 amide bonds. The average molecular weight is 240 g/mol. The number of aldehydes is 1. The SMILES string of the molecule is O=CCn1c(=O)nnc2ccc(Cl)c(O)c21. The average Bonchev–Trinajstić information content (AvgIpc) is 2.27. The van der Waals surface area contributed by atoms with Gasteiger partial charge >= 0.3 is 5.69 Å². The fourth-order valence-electron chi connectivity index (χ4n) is 1.38. The van der Waals surface area contributed by atoms with E-state index in [1.807, 2.05) is 0 Å². The number of nitrogens with zero attached hydrogens (tertiary/aromatic N) is 3. The molecule has 0 aliphatic carbocycles. The van der Waals surface area contributed by atoms with Gasteiger partial charge in [-0.25, -0.2) is 4.79 Å². The number of carbonyl (C=O) groups excluding carboxylic acids is 1. The lowest BCUT2D eigenvalue weighted by Gasteiger charge is -2.07. The Hall–Kier alpha value is -1.95. The first-order valence-electron chi connectivity index (χ1n) is 4.33. The Kier molecular flexibility index (Phi) is 2.57. The van der Waals surface area contributed by atoms with Crippen LogP contribution < -0.4 is 5.69 Å². The predicted octanol–water partition coefficient (Wildman–Crippen LogP) is 0.349. The monoisotopic (exact) mass is 239 g/mol. The summed E-state index contributed by atoms with van der Waals surface area (Å²) in [5.74, 6) is -0.284. The Labute approximate surface area is 94.1 Å². The highest BCUT2D eigenvalue weighted by atomic mass is 35.5. The zero-order valence-electron chi connectivity index (χ0n) is 7.92. The van der Waals surface area contributed by atoms with Gasteiger partial charge < -0.3 is 9.90 Å². The number of benzene rings is 1. The Morgan fingerprint density at radius 1 is 1.44 bits per heavy atom. The molecule has 1 aromatic carbocycles. The molecule has 0 saturated heterocycles. The fraction of sp³-hybridized carbons (Fsp3) is 0.111. The Morgan fingerprint density at radius 2 is 2.19 bits per heavy atom. The van der Waals surface area contributed by atoms with Crippen LogP contribution in [0.1, 0.15) is 0 Å². The highest BCUT2D eigenvalue weighted by molar-refractivity contribution is 6.33. The quantitative estimate of drug-likeness (QED) is 0.765. The molecule has 82 valence electrons. The summed E-state index contributed by atoms with van der Waals surface area (Å²) >= 11 is 5.71. The van der Waals surface area contributed by atoms with Crippen LogP contribution in [0.4, 0.5) is 0 Å². The molecular weight excluding hydrogens is 234 g/mol. The fourth-order valence-corrected chi connectivity index (χ4v) is 1.53. The molecule has 1 N–H and O–H groups in total. The molecule has 0 bridgehead atoms. The summed E-state index contributed by atoms with van der Waals surface area (Å²) in [5.41, 5.74) is -0.305. The molecule has 0 aliphatic heterocycles. The van der Waals surface area contributed by atoms with Gasteiger partial charge in [0.15, 0.2) is 5.75 Å². The van der Waals surface area contributed by atoms with Crippen molar-refractivity contribution in [2.75, 3.05) is 0 Å². The molecule has 2 aromatic rings. The lowest BCUT2D eigenvalue weighted by molar-refractivity contribution is -0.108. The van der Waals surface area contributed by atoms with Gasteiger partial charge in [0.25, 0.3) is 0 Å². The normalized spacial score (nSPS) is 10.6. The molecule has 0 aliphatic rings. The summed E-state index contributed by atoms with van der Waals surface area (Å²) < 4.78 is 1.01. The molecule has 16 heavy (non-hydrogen) atoms. The second kappa shape index (κ2) is 3.90. The minimum absolute atomic E-state index is 0.0829. The molecule has 2 rings (SSSR count). The first-order valence-corrected chi connectivity index (χ1v) is 4.71. The first kappa shape index (κ1) is 10.6. The van der Waals surface area contributed by atoms with Crippen molar-refractivity contribution in [3.63, 3.8) is 0 Å². The maximum Gasteiger partial charge on any atom is 0.367 e. The lowest BCUT2D eigenvalue weighted by Crippen LogP contribution is -2.25. The number of hydrogen-bond donors (Lipinski definition) is 1. The van der Waals surface area contributed by atoms with E-state index in [0.717, 1.165) is 4.57 Å². The molecule has 0 fully saturated rings. The zero-order valence-corrected chi connectivity index (χ0v) is 8.68. The van der Waals surface area contributed by atoms with Crippen molar-refractivity contribution in [1.82, 2.24) is 14.8 Å². The number of hydrogen-bond acceptors (Lipinski definition) is 5. The molecule has 6 nitrogen and oxygen atoms in total.